The Morgan fingerprint density at radius 3 is 2.11 bits per heavy atom. The first-order chi connectivity index (χ1) is 8.83. The largest absolute Gasteiger partial charge is 0.310 e. The summed E-state index contributed by atoms with van der Waals surface area (Å²) < 4.78 is 26.9. The normalized spacial score (nSPS) is 14.0. The van der Waals surface area contributed by atoms with Gasteiger partial charge in [-0.05, 0) is 18.1 Å². The van der Waals surface area contributed by atoms with Crippen LogP contribution in [-0.2, 0) is 10.0 Å². The fraction of sp³-hybridized carbons (Fsp3) is 0.571. The van der Waals surface area contributed by atoms with Gasteiger partial charge in [0.2, 0.25) is 10.0 Å². The lowest BCUT2D eigenvalue weighted by molar-refractivity contribution is 0.368. The number of hydrogen-bond donors (Lipinski definition) is 2. The van der Waals surface area contributed by atoms with E-state index in [9.17, 15) is 8.42 Å². The molecule has 0 aromatic heterocycles. The van der Waals surface area contributed by atoms with Crippen LogP contribution in [0.25, 0.3) is 0 Å². The Hall–Kier alpha value is -0.910. The van der Waals surface area contributed by atoms with Crippen molar-refractivity contribution in [2.24, 2.45) is 5.92 Å². The number of hydrogen-bond acceptors (Lipinski definition) is 3. The van der Waals surface area contributed by atoms with Crippen molar-refractivity contribution < 1.29 is 8.42 Å². The second-order valence-corrected chi connectivity index (χ2v) is 7.10. The highest BCUT2D eigenvalue weighted by molar-refractivity contribution is 7.89. The lowest BCUT2D eigenvalue weighted by Gasteiger charge is -2.25. The molecule has 0 unspecified atom stereocenters. The van der Waals surface area contributed by atoms with Crippen LogP contribution in [0.3, 0.4) is 0 Å². The van der Waals surface area contributed by atoms with Gasteiger partial charge in [0.15, 0.2) is 0 Å². The van der Waals surface area contributed by atoms with Gasteiger partial charge >= 0.3 is 0 Å². The summed E-state index contributed by atoms with van der Waals surface area (Å²) in [6.45, 7) is 8.67. The summed E-state index contributed by atoms with van der Waals surface area (Å²) in [6.07, 6.45) is 0. The summed E-state index contributed by atoms with van der Waals surface area (Å²) in [6, 6.07) is 8.90. The van der Waals surface area contributed by atoms with E-state index >= 15 is 0 Å². The third-order valence-electron chi connectivity index (χ3n) is 2.90. The highest BCUT2D eigenvalue weighted by Gasteiger charge is 2.19. The average molecular weight is 284 g/mol. The molecule has 4 nitrogen and oxygen atoms in total. The van der Waals surface area contributed by atoms with Crippen molar-refractivity contribution >= 4 is 10.0 Å². The second-order valence-electron chi connectivity index (χ2n) is 5.34. The van der Waals surface area contributed by atoms with E-state index in [0.717, 1.165) is 0 Å². The zero-order chi connectivity index (χ0) is 14.5. The molecule has 1 rings (SSSR count). The molecule has 0 aliphatic carbocycles. The standard InChI is InChI=1S/C14H24N2O2S/c1-11(2)14(16-12(3)4)10-15-19(17,18)13-8-6-5-7-9-13/h5-9,11-12,14-16H,10H2,1-4H3/t14-/m1/s1. The molecule has 0 aliphatic heterocycles. The summed E-state index contributed by atoms with van der Waals surface area (Å²) >= 11 is 0. The van der Waals surface area contributed by atoms with Gasteiger partial charge in [0.05, 0.1) is 4.90 Å². The summed E-state index contributed by atoms with van der Waals surface area (Å²) in [5, 5.41) is 3.38. The van der Waals surface area contributed by atoms with E-state index in [0.29, 0.717) is 23.4 Å². The Morgan fingerprint density at radius 1 is 1.05 bits per heavy atom. The predicted octanol–water partition coefficient (Wildman–Crippen LogP) is 1.99. The topological polar surface area (TPSA) is 58.2 Å². The molecule has 0 saturated heterocycles. The number of benzene rings is 1. The molecule has 2 N–H and O–H groups in total. The van der Waals surface area contributed by atoms with Gasteiger partial charge in [-0.15, -0.1) is 0 Å². The maximum absolute atomic E-state index is 12.1. The SMILES string of the molecule is CC(C)N[C@H](CNS(=O)(=O)c1ccccc1)C(C)C. The Bertz CT molecular complexity index is 469. The number of sulfonamides is 1. The van der Waals surface area contributed by atoms with Crippen molar-refractivity contribution in [3.8, 4) is 0 Å². The van der Waals surface area contributed by atoms with Crippen LogP contribution in [0.5, 0.6) is 0 Å². The first-order valence-electron chi connectivity index (χ1n) is 6.63. The smallest absolute Gasteiger partial charge is 0.240 e. The summed E-state index contributed by atoms with van der Waals surface area (Å²) in [5.41, 5.74) is 0. The quantitative estimate of drug-likeness (QED) is 0.805. The van der Waals surface area contributed by atoms with E-state index in [-0.39, 0.29) is 6.04 Å². The van der Waals surface area contributed by atoms with E-state index in [1.807, 2.05) is 0 Å². The third kappa shape index (κ3) is 5.30. The van der Waals surface area contributed by atoms with E-state index < -0.39 is 10.0 Å². The molecular weight excluding hydrogens is 260 g/mol. The fourth-order valence-electron chi connectivity index (χ4n) is 1.80. The fourth-order valence-corrected chi connectivity index (χ4v) is 2.88. The van der Waals surface area contributed by atoms with E-state index in [1.54, 1.807) is 30.3 Å². The Labute approximate surface area is 116 Å². The van der Waals surface area contributed by atoms with Gasteiger partial charge < -0.3 is 5.32 Å². The molecule has 19 heavy (non-hydrogen) atoms. The van der Waals surface area contributed by atoms with Crippen LogP contribution in [0.2, 0.25) is 0 Å². The molecule has 0 aliphatic rings. The maximum Gasteiger partial charge on any atom is 0.240 e. The number of rotatable bonds is 7. The zero-order valence-electron chi connectivity index (χ0n) is 12.1. The van der Waals surface area contributed by atoms with Crippen molar-refractivity contribution in [1.82, 2.24) is 10.0 Å². The van der Waals surface area contributed by atoms with Crippen molar-refractivity contribution in [2.75, 3.05) is 6.54 Å². The first-order valence-corrected chi connectivity index (χ1v) is 8.12. The molecule has 0 saturated carbocycles. The van der Waals surface area contributed by atoms with Crippen molar-refractivity contribution in [3.63, 3.8) is 0 Å². The molecule has 108 valence electrons. The molecule has 0 heterocycles. The molecule has 0 fully saturated rings. The molecule has 0 amide bonds. The van der Waals surface area contributed by atoms with Crippen LogP contribution in [0.4, 0.5) is 0 Å². The summed E-state index contributed by atoms with van der Waals surface area (Å²) in [4.78, 5) is 0.307. The van der Waals surface area contributed by atoms with E-state index in [1.165, 1.54) is 0 Å². The molecule has 1 aromatic carbocycles. The van der Waals surface area contributed by atoms with Crippen LogP contribution < -0.4 is 10.0 Å². The summed E-state index contributed by atoms with van der Waals surface area (Å²) in [7, 11) is -3.41. The van der Waals surface area contributed by atoms with Gasteiger partial charge in [-0.2, -0.15) is 0 Å². The van der Waals surface area contributed by atoms with Crippen molar-refractivity contribution in [3.05, 3.63) is 30.3 Å². The summed E-state index contributed by atoms with van der Waals surface area (Å²) in [5.74, 6) is 0.362. The van der Waals surface area contributed by atoms with Gasteiger partial charge in [0.25, 0.3) is 0 Å². The minimum Gasteiger partial charge on any atom is -0.310 e. The molecule has 0 spiro atoms. The Morgan fingerprint density at radius 2 is 1.63 bits per heavy atom. The van der Waals surface area contributed by atoms with Crippen LogP contribution >= 0.6 is 0 Å². The highest BCUT2D eigenvalue weighted by Crippen LogP contribution is 2.08. The Balaban J connectivity index is 2.69. The lowest BCUT2D eigenvalue weighted by Crippen LogP contribution is -2.46. The number of nitrogens with one attached hydrogen (secondary N) is 2. The molecule has 1 atom stereocenters. The van der Waals surface area contributed by atoms with Crippen molar-refractivity contribution in [1.29, 1.82) is 0 Å². The van der Waals surface area contributed by atoms with Crippen LogP contribution in [0.1, 0.15) is 27.7 Å². The third-order valence-corrected chi connectivity index (χ3v) is 4.34. The van der Waals surface area contributed by atoms with Gasteiger partial charge in [-0.3, -0.25) is 0 Å². The van der Waals surface area contributed by atoms with Gasteiger partial charge in [-0.1, -0.05) is 45.9 Å². The van der Waals surface area contributed by atoms with Gasteiger partial charge in [0.1, 0.15) is 0 Å². The molecule has 5 heteroatoms. The molecule has 1 aromatic rings. The second kappa shape index (κ2) is 7.03. The monoisotopic (exact) mass is 284 g/mol. The van der Waals surface area contributed by atoms with E-state index in [4.69, 9.17) is 0 Å². The van der Waals surface area contributed by atoms with Gasteiger partial charge in [0, 0.05) is 18.6 Å². The highest BCUT2D eigenvalue weighted by atomic mass is 32.2. The maximum atomic E-state index is 12.1. The Kier molecular flexibility index (Phi) is 5.97. The minimum atomic E-state index is -3.41. The molecule has 0 radical (unpaired) electrons. The van der Waals surface area contributed by atoms with Crippen molar-refractivity contribution in [2.45, 2.75) is 44.7 Å². The minimum absolute atomic E-state index is 0.124. The lowest BCUT2D eigenvalue weighted by atomic mass is 10.0. The van der Waals surface area contributed by atoms with E-state index in [2.05, 4.69) is 37.7 Å². The average Bonchev–Trinajstić information content (AvgIpc) is 2.35. The predicted molar refractivity (Wildman–Crippen MR) is 78.5 cm³/mol. The molecule has 0 bridgehead atoms. The first kappa shape index (κ1) is 16.1. The van der Waals surface area contributed by atoms with Crippen LogP contribution in [0, 0.1) is 5.92 Å². The molecular formula is C14H24N2O2S. The zero-order valence-corrected chi connectivity index (χ0v) is 12.9. The van der Waals surface area contributed by atoms with Gasteiger partial charge in [-0.25, -0.2) is 13.1 Å². The van der Waals surface area contributed by atoms with Crippen LogP contribution in [0.15, 0.2) is 35.2 Å². The van der Waals surface area contributed by atoms with Crippen LogP contribution in [-0.4, -0.2) is 27.0 Å².